The zero-order chi connectivity index (χ0) is 22.5. The summed E-state index contributed by atoms with van der Waals surface area (Å²) >= 11 is 0. The quantitative estimate of drug-likeness (QED) is 0.427. The molecule has 1 aliphatic rings. The van der Waals surface area contributed by atoms with Crippen LogP contribution in [0.3, 0.4) is 0 Å². The third kappa shape index (κ3) is 8.27. The van der Waals surface area contributed by atoms with E-state index in [-0.39, 0.29) is 14.9 Å². The standard InChI is InChI=1S/C8H5F11O3.CH2F2.CH3F.2CH4/c1-3(9)7(17,18)22-5(13,6(14,15)16)8(19,21-3)20-2-4(10,11)12;2-1-3;1-2;;/h2H2,1H3;1H2;1H3;2*1H4. The first-order valence-corrected chi connectivity index (χ1v) is 5.90. The van der Waals surface area contributed by atoms with Crippen LogP contribution in [-0.2, 0) is 14.2 Å². The lowest BCUT2D eigenvalue weighted by molar-refractivity contribution is -0.611. The molecule has 1 heterocycles. The van der Waals surface area contributed by atoms with Gasteiger partial charge in [0.05, 0.1) is 7.18 Å². The molecule has 0 amide bonds. The highest BCUT2D eigenvalue weighted by molar-refractivity contribution is 4.96. The molecule has 0 aromatic carbocycles. The molecule has 0 bridgehead atoms. The molecule has 1 fully saturated rings. The molecule has 17 heteroatoms. The Hall–Kier alpha value is -1.10. The van der Waals surface area contributed by atoms with Crippen molar-refractivity contribution in [2.45, 2.75) is 58.0 Å². The predicted octanol–water partition coefficient (Wildman–Crippen LogP) is 6.48. The van der Waals surface area contributed by atoms with E-state index in [0.29, 0.717) is 7.18 Å². The van der Waals surface area contributed by atoms with Crippen LogP contribution >= 0.6 is 0 Å². The Bertz CT molecular complexity index is 452. The van der Waals surface area contributed by atoms with Crippen LogP contribution in [0, 0.1) is 0 Å². The summed E-state index contributed by atoms with van der Waals surface area (Å²) < 4.78 is 176. The van der Waals surface area contributed by atoms with Crippen molar-refractivity contribution in [2.24, 2.45) is 0 Å². The molecule has 0 saturated carbocycles. The van der Waals surface area contributed by atoms with Gasteiger partial charge in [-0.15, -0.1) is 0 Å². The number of halogens is 14. The highest BCUT2D eigenvalue weighted by Crippen LogP contribution is 2.57. The zero-order valence-corrected chi connectivity index (χ0v) is 12.9. The third-order valence-corrected chi connectivity index (χ3v) is 2.28. The van der Waals surface area contributed by atoms with Gasteiger partial charge >= 0.3 is 36.2 Å². The molecule has 0 N–H and O–H groups in total. The van der Waals surface area contributed by atoms with E-state index in [0.717, 1.165) is 0 Å². The topological polar surface area (TPSA) is 27.7 Å². The molecule has 1 rings (SSSR count). The van der Waals surface area contributed by atoms with Crippen molar-refractivity contribution in [1.29, 1.82) is 0 Å². The summed E-state index contributed by atoms with van der Waals surface area (Å²) in [5, 5.41) is 0. The first-order chi connectivity index (χ1) is 11.8. The molecule has 0 aliphatic carbocycles. The fourth-order valence-corrected chi connectivity index (χ4v) is 1.22. The Balaban J connectivity index is -0.000000407. The van der Waals surface area contributed by atoms with E-state index < -0.39 is 56.7 Å². The van der Waals surface area contributed by atoms with Gasteiger partial charge in [0.15, 0.2) is 0 Å². The van der Waals surface area contributed by atoms with Gasteiger partial charge in [0, 0.05) is 6.92 Å². The van der Waals surface area contributed by atoms with E-state index in [1.54, 1.807) is 0 Å². The van der Waals surface area contributed by atoms with E-state index in [1.165, 1.54) is 0 Å². The Labute approximate surface area is 155 Å². The molecule has 0 spiro atoms. The maximum Gasteiger partial charge on any atom is 0.457 e. The molecule has 0 radical (unpaired) electrons. The highest BCUT2D eigenvalue weighted by atomic mass is 19.4. The van der Waals surface area contributed by atoms with Crippen LogP contribution in [0.4, 0.5) is 61.5 Å². The van der Waals surface area contributed by atoms with Crippen LogP contribution in [0.25, 0.3) is 0 Å². The van der Waals surface area contributed by atoms with E-state index >= 15 is 0 Å². The summed E-state index contributed by atoms with van der Waals surface area (Å²) in [6.07, 6.45) is -17.9. The second-order valence-electron chi connectivity index (χ2n) is 4.27. The van der Waals surface area contributed by atoms with Gasteiger partial charge in [0.25, 0.3) is 0 Å². The number of hydrogen-bond donors (Lipinski definition) is 0. The fraction of sp³-hybridized carbons (Fsp3) is 1.00. The number of rotatable bonds is 2. The molecule has 1 saturated heterocycles. The van der Waals surface area contributed by atoms with E-state index in [4.69, 9.17) is 0 Å². The van der Waals surface area contributed by atoms with Crippen LogP contribution in [0.5, 0.6) is 0 Å². The second kappa shape index (κ2) is 11.3. The van der Waals surface area contributed by atoms with Gasteiger partial charge in [-0.25, -0.2) is 13.2 Å². The fourth-order valence-electron chi connectivity index (χ4n) is 1.22. The Morgan fingerprint density at radius 1 is 0.793 bits per heavy atom. The first-order valence-electron chi connectivity index (χ1n) is 5.90. The highest BCUT2D eigenvalue weighted by Gasteiger charge is 2.84. The van der Waals surface area contributed by atoms with E-state index in [1.807, 2.05) is 0 Å². The van der Waals surface area contributed by atoms with Crippen molar-refractivity contribution in [2.75, 3.05) is 20.7 Å². The minimum atomic E-state index is -6.69. The van der Waals surface area contributed by atoms with Crippen molar-refractivity contribution in [3.05, 3.63) is 0 Å². The van der Waals surface area contributed by atoms with Gasteiger partial charge in [0.1, 0.15) is 6.61 Å². The molecule has 0 aromatic heterocycles. The van der Waals surface area contributed by atoms with Crippen molar-refractivity contribution >= 4 is 0 Å². The summed E-state index contributed by atoms with van der Waals surface area (Å²) in [6, 6.07) is -5.67. The van der Waals surface area contributed by atoms with Crippen LogP contribution in [-0.4, -0.2) is 56.9 Å². The summed E-state index contributed by atoms with van der Waals surface area (Å²) in [7, 11) is 0.500. The van der Waals surface area contributed by atoms with Gasteiger partial charge in [-0.1, -0.05) is 14.9 Å². The summed E-state index contributed by atoms with van der Waals surface area (Å²) in [6.45, 7) is -5.05. The largest absolute Gasteiger partial charge is 0.457 e. The van der Waals surface area contributed by atoms with Crippen molar-refractivity contribution < 1.29 is 75.7 Å². The minimum absolute atomic E-state index is 0. The SMILES string of the molecule is C.C.CC1(F)OC(F)(OCC(F)(F)F)C(F)(C(F)(F)F)OC1(F)F.CF.FCF. The zero-order valence-electron chi connectivity index (χ0n) is 12.9. The maximum atomic E-state index is 13.7. The lowest BCUT2D eigenvalue weighted by atomic mass is 10.2. The number of ether oxygens (including phenoxy) is 3. The molecule has 3 atom stereocenters. The smallest absolute Gasteiger partial charge is 0.309 e. The Morgan fingerprint density at radius 3 is 1.41 bits per heavy atom. The van der Waals surface area contributed by atoms with Crippen LogP contribution in [0.2, 0.25) is 0 Å². The van der Waals surface area contributed by atoms with Crippen LogP contribution in [0.15, 0.2) is 0 Å². The van der Waals surface area contributed by atoms with Gasteiger partial charge < -0.3 is 4.74 Å². The monoisotopic (exact) mass is 476 g/mol. The number of alkyl halides is 14. The lowest BCUT2D eigenvalue weighted by Crippen LogP contribution is -2.73. The molecular weight excluding hydrogens is 458 g/mol. The number of hydrogen-bond acceptors (Lipinski definition) is 3. The maximum absolute atomic E-state index is 13.7. The molecular formula is C12H18F14O3. The van der Waals surface area contributed by atoms with Gasteiger partial charge in [-0.2, -0.15) is 43.9 Å². The summed E-state index contributed by atoms with van der Waals surface area (Å²) in [5.74, 6) is -11.0. The Kier molecular flexibility index (Phi) is 13.8. The first kappa shape index (κ1) is 35.3. The van der Waals surface area contributed by atoms with Gasteiger partial charge in [0.2, 0.25) is 6.93 Å². The molecule has 1 aliphatic heterocycles. The normalized spacial score (nSPS) is 31.0. The lowest BCUT2D eigenvalue weighted by Gasteiger charge is -2.48. The van der Waals surface area contributed by atoms with Crippen molar-refractivity contribution in [3.8, 4) is 0 Å². The molecule has 0 aromatic rings. The average molecular weight is 476 g/mol. The molecule has 3 unspecified atom stereocenters. The second-order valence-corrected chi connectivity index (χ2v) is 4.27. The predicted molar refractivity (Wildman–Crippen MR) is 69.9 cm³/mol. The summed E-state index contributed by atoms with van der Waals surface area (Å²) in [5.41, 5.74) is 0. The average Bonchev–Trinajstić information content (AvgIpc) is 2.44. The van der Waals surface area contributed by atoms with Crippen molar-refractivity contribution in [1.82, 2.24) is 0 Å². The third-order valence-electron chi connectivity index (χ3n) is 2.28. The van der Waals surface area contributed by atoms with Crippen LogP contribution < -0.4 is 0 Å². The van der Waals surface area contributed by atoms with Crippen molar-refractivity contribution in [3.63, 3.8) is 0 Å². The minimum Gasteiger partial charge on any atom is -0.309 e. The van der Waals surface area contributed by atoms with E-state index in [2.05, 4.69) is 14.2 Å². The van der Waals surface area contributed by atoms with Gasteiger partial charge in [-0.3, -0.25) is 13.9 Å². The molecule has 3 nitrogen and oxygen atoms in total. The van der Waals surface area contributed by atoms with Gasteiger partial charge in [-0.05, 0) is 0 Å². The van der Waals surface area contributed by atoms with E-state index in [9.17, 15) is 61.5 Å². The Morgan fingerprint density at radius 2 is 1.14 bits per heavy atom. The molecule has 182 valence electrons. The van der Waals surface area contributed by atoms with Crippen LogP contribution in [0.1, 0.15) is 21.8 Å². The molecule has 29 heavy (non-hydrogen) atoms. The summed E-state index contributed by atoms with van der Waals surface area (Å²) in [4.78, 5) is 0.